The van der Waals surface area contributed by atoms with Gasteiger partial charge < -0.3 is 4.90 Å². The standard InChI is InChI=1S/C13H29N3/c1-5-14(6-2)7-8-15-9-11-16(12-10-15)13(3)4/h13H,5-12H2,1-4H3. The fourth-order valence-electron chi connectivity index (χ4n) is 2.33. The predicted octanol–water partition coefficient (Wildman–Crippen LogP) is 1.35. The molecule has 3 heteroatoms. The van der Waals surface area contributed by atoms with Gasteiger partial charge in [-0.2, -0.15) is 0 Å². The van der Waals surface area contributed by atoms with Gasteiger partial charge in [-0.1, -0.05) is 13.8 Å². The first-order valence-electron chi connectivity index (χ1n) is 6.86. The molecule has 1 saturated heterocycles. The highest BCUT2D eigenvalue weighted by molar-refractivity contribution is 4.74. The van der Waals surface area contributed by atoms with Crippen LogP contribution in [0.4, 0.5) is 0 Å². The predicted molar refractivity (Wildman–Crippen MR) is 70.9 cm³/mol. The molecule has 1 fully saturated rings. The van der Waals surface area contributed by atoms with E-state index in [0.717, 1.165) is 0 Å². The van der Waals surface area contributed by atoms with Gasteiger partial charge in [-0.3, -0.25) is 9.80 Å². The molecule has 0 aromatic heterocycles. The third-order valence-corrected chi connectivity index (χ3v) is 3.76. The Morgan fingerprint density at radius 3 is 2.00 bits per heavy atom. The van der Waals surface area contributed by atoms with E-state index in [1.807, 2.05) is 0 Å². The van der Waals surface area contributed by atoms with E-state index in [-0.39, 0.29) is 0 Å². The first-order chi connectivity index (χ1) is 7.67. The second-order valence-electron chi connectivity index (χ2n) is 5.00. The van der Waals surface area contributed by atoms with Crippen molar-refractivity contribution in [2.45, 2.75) is 33.7 Å². The molecule has 16 heavy (non-hydrogen) atoms. The van der Waals surface area contributed by atoms with E-state index in [2.05, 4.69) is 42.4 Å². The van der Waals surface area contributed by atoms with E-state index in [4.69, 9.17) is 0 Å². The van der Waals surface area contributed by atoms with Gasteiger partial charge in [-0.25, -0.2) is 0 Å². The molecular weight excluding hydrogens is 198 g/mol. The smallest absolute Gasteiger partial charge is 0.0113 e. The van der Waals surface area contributed by atoms with E-state index in [0.29, 0.717) is 6.04 Å². The molecule has 0 radical (unpaired) electrons. The molecule has 0 spiro atoms. The molecular formula is C13H29N3. The number of likely N-dealkylation sites (N-methyl/N-ethyl adjacent to an activating group) is 1. The molecule has 1 rings (SSSR count). The van der Waals surface area contributed by atoms with Crippen molar-refractivity contribution in [3.8, 4) is 0 Å². The maximum atomic E-state index is 2.61. The van der Waals surface area contributed by atoms with Crippen molar-refractivity contribution < 1.29 is 0 Å². The van der Waals surface area contributed by atoms with Gasteiger partial charge in [0, 0.05) is 45.3 Å². The Hall–Kier alpha value is -0.120. The van der Waals surface area contributed by atoms with Crippen molar-refractivity contribution in [3.05, 3.63) is 0 Å². The monoisotopic (exact) mass is 227 g/mol. The van der Waals surface area contributed by atoms with Crippen molar-refractivity contribution in [2.24, 2.45) is 0 Å². The lowest BCUT2D eigenvalue weighted by atomic mass is 10.2. The zero-order valence-electron chi connectivity index (χ0n) is 11.6. The highest BCUT2D eigenvalue weighted by atomic mass is 15.3. The summed E-state index contributed by atoms with van der Waals surface area (Å²) < 4.78 is 0. The summed E-state index contributed by atoms with van der Waals surface area (Å²) in [5.74, 6) is 0. The van der Waals surface area contributed by atoms with Crippen LogP contribution in [0, 0.1) is 0 Å². The van der Waals surface area contributed by atoms with Crippen LogP contribution in [0.1, 0.15) is 27.7 Å². The Kier molecular flexibility index (Phi) is 6.32. The highest BCUT2D eigenvalue weighted by Gasteiger charge is 2.18. The van der Waals surface area contributed by atoms with Gasteiger partial charge in [0.15, 0.2) is 0 Å². The number of hydrogen-bond acceptors (Lipinski definition) is 3. The summed E-state index contributed by atoms with van der Waals surface area (Å²) in [6.07, 6.45) is 0. The maximum absolute atomic E-state index is 2.61. The van der Waals surface area contributed by atoms with E-state index in [9.17, 15) is 0 Å². The number of rotatable bonds is 6. The van der Waals surface area contributed by atoms with Crippen molar-refractivity contribution in [1.82, 2.24) is 14.7 Å². The average molecular weight is 227 g/mol. The van der Waals surface area contributed by atoms with E-state index >= 15 is 0 Å². The van der Waals surface area contributed by atoms with Crippen LogP contribution in [0.2, 0.25) is 0 Å². The third-order valence-electron chi connectivity index (χ3n) is 3.76. The molecule has 0 aromatic carbocycles. The van der Waals surface area contributed by atoms with Crippen LogP contribution in [0.15, 0.2) is 0 Å². The van der Waals surface area contributed by atoms with Crippen LogP contribution < -0.4 is 0 Å². The lowest BCUT2D eigenvalue weighted by Crippen LogP contribution is -2.50. The van der Waals surface area contributed by atoms with Crippen LogP contribution in [-0.2, 0) is 0 Å². The Balaban J connectivity index is 2.17. The molecule has 0 saturated carbocycles. The minimum Gasteiger partial charge on any atom is -0.303 e. The largest absolute Gasteiger partial charge is 0.303 e. The highest BCUT2D eigenvalue weighted by Crippen LogP contribution is 2.05. The van der Waals surface area contributed by atoms with Gasteiger partial charge in [0.05, 0.1) is 0 Å². The molecule has 0 bridgehead atoms. The van der Waals surface area contributed by atoms with Crippen LogP contribution in [0.3, 0.4) is 0 Å². The van der Waals surface area contributed by atoms with Gasteiger partial charge >= 0.3 is 0 Å². The van der Waals surface area contributed by atoms with Crippen molar-refractivity contribution in [1.29, 1.82) is 0 Å². The van der Waals surface area contributed by atoms with Crippen molar-refractivity contribution in [3.63, 3.8) is 0 Å². The van der Waals surface area contributed by atoms with Gasteiger partial charge in [0.2, 0.25) is 0 Å². The van der Waals surface area contributed by atoms with Gasteiger partial charge in [0.25, 0.3) is 0 Å². The lowest BCUT2D eigenvalue weighted by molar-refractivity contribution is 0.0998. The number of hydrogen-bond donors (Lipinski definition) is 0. The van der Waals surface area contributed by atoms with Gasteiger partial charge in [0.1, 0.15) is 0 Å². The zero-order valence-corrected chi connectivity index (χ0v) is 11.6. The average Bonchev–Trinajstić information content (AvgIpc) is 2.31. The molecule has 1 aliphatic rings. The third kappa shape index (κ3) is 4.40. The van der Waals surface area contributed by atoms with Crippen LogP contribution >= 0.6 is 0 Å². The molecule has 0 aliphatic carbocycles. The van der Waals surface area contributed by atoms with Crippen molar-refractivity contribution in [2.75, 3.05) is 52.4 Å². The summed E-state index contributed by atoms with van der Waals surface area (Å²) in [6.45, 7) is 18.9. The molecule has 0 aromatic rings. The summed E-state index contributed by atoms with van der Waals surface area (Å²) in [7, 11) is 0. The molecule has 0 amide bonds. The number of nitrogens with zero attached hydrogens (tertiary/aromatic N) is 3. The number of piperazine rings is 1. The minimum atomic E-state index is 0.713. The molecule has 1 aliphatic heterocycles. The Morgan fingerprint density at radius 1 is 1.00 bits per heavy atom. The van der Waals surface area contributed by atoms with Crippen LogP contribution in [0.5, 0.6) is 0 Å². The van der Waals surface area contributed by atoms with E-state index in [1.165, 1.54) is 52.4 Å². The first kappa shape index (κ1) is 13.9. The summed E-state index contributed by atoms with van der Waals surface area (Å²) in [4.78, 5) is 7.69. The summed E-state index contributed by atoms with van der Waals surface area (Å²) >= 11 is 0. The molecule has 0 unspecified atom stereocenters. The Morgan fingerprint density at radius 2 is 1.56 bits per heavy atom. The topological polar surface area (TPSA) is 9.72 Å². The minimum absolute atomic E-state index is 0.713. The second kappa shape index (κ2) is 7.25. The molecule has 0 atom stereocenters. The first-order valence-corrected chi connectivity index (χ1v) is 6.86. The summed E-state index contributed by atoms with van der Waals surface area (Å²) in [5, 5.41) is 0. The maximum Gasteiger partial charge on any atom is 0.0113 e. The lowest BCUT2D eigenvalue weighted by Gasteiger charge is -2.37. The summed E-state index contributed by atoms with van der Waals surface area (Å²) in [5.41, 5.74) is 0. The summed E-state index contributed by atoms with van der Waals surface area (Å²) in [6, 6.07) is 0.713. The zero-order chi connectivity index (χ0) is 12.0. The van der Waals surface area contributed by atoms with E-state index < -0.39 is 0 Å². The van der Waals surface area contributed by atoms with Crippen molar-refractivity contribution >= 4 is 0 Å². The van der Waals surface area contributed by atoms with E-state index in [1.54, 1.807) is 0 Å². The normalized spacial score (nSPS) is 19.9. The Bertz CT molecular complexity index is 170. The van der Waals surface area contributed by atoms with Crippen LogP contribution in [0.25, 0.3) is 0 Å². The quantitative estimate of drug-likeness (QED) is 0.678. The molecule has 1 heterocycles. The fraction of sp³-hybridized carbons (Fsp3) is 1.00. The van der Waals surface area contributed by atoms with Gasteiger partial charge in [-0.15, -0.1) is 0 Å². The van der Waals surface area contributed by atoms with Crippen LogP contribution in [-0.4, -0.2) is 73.1 Å². The molecule has 3 nitrogen and oxygen atoms in total. The van der Waals surface area contributed by atoms with Gasteiger partial charge in [-0.05, 0) is 26.9 Å². The fourth-order valence-corrected chi connectivity index (χ4v) is 2.33. The SMILES string of the molecule is CCN(CC)CCN1CCN(C(C)C)CC1. The molecule has 96 valence electrons. The Labute approximate surface area is 101 Å². The molecule has 0 N–H and O–H groups in total. The second-order valence-corrected chi connectivity index (χ2v) is 5.00.